The van der Waals surface area contributed by atoms with E-state index in [4.69, 9.17) is 14.2 Å². The van der Waals surface area contributed by atoms with E-state index in [0.29, 0.717) is 19.8 Å². The van der Waals surface area contributed by atoms with Crippen LogP contribution in [0, 0.1) is 0 Å². The zero-order valence-corrected chi connectivity index (χ0v) is 15.6. The molecule has 0 unspecified atom stereocenters. The molecule has 2 heterocycles. The van der Waals surface area contributed by atoms with E-state index < -0.39 is 0 Å². The molecule has 1 aliphatic rings. The van der Waals surface area contributed by atoms with Crippen LogP contribution in [-0.4, -0.2) is 37.8 Å². The Labute approximate surface area is 163 Å². The highest BCUT2D eigenvalue weighted by molar-refractivity contribution is 5.91. The largest absolute Gasteiger partial charge is 0.497 e. The minimum atomic E-state index is -0.280. The van der Waals surface area contributed by atoms with Crippen LogP contribution in [0.5, 0.6) is 5.75 Å². The number of ether oxygens (including phenoxy) is 3. The van der Waals surface area contributed by atoms with Crippen molar-refractivity contribution in [1.82, 2.24) is 10.3 Å². The number of para-hydroxylation sites is 1. The van der Waals surface area contributed by atoms with Crippen molar-refractivity contribution in [1.29, 1.82) is 0 Å². The van der Waals surface area contributed by atoms with Gasteiger partial charge in [-0.1, -0.05) is 30.3 Å². The Bertz CT molecular complexity index is 991. The van der Waals surface area contributed by atoms with Crippen LogP contribution < -0.4 is 10.1 Å². The highest BCUT2D eigenvalue weighted by Gasteiger charge is 2.21. The fourth-order valence-electron chi connectivity index (χ4n) is 3.40. The van der Waals surface area contributed by atoms with Gasteiger partial charge in [-0.2, -0.15) is 0 Å². The summed E-state index contributed by atoms with van der Waals surface area (Å²) in [4.78, 5) is 15.8. The van der Waals surface area contributed by atoms with E-state index >= 15 is 0 Å². The number of fused-ring (bicyclic) bond motifs is 1. The summed E-state index contributed by atoms with van der Waals surface area (Å²) in [5.41, 5.74) is 3.27. The molecule has 2 aromatic carbocycles. The standard InChI is InChI=1S/C22H22N2O4/c1-26-16-8-6-15(7-9-16)18(12-24-22(25)21-14-27-10-11-28-21)19-13-23-20-5-3-2-4-17(19)20/h2-9,13-14,18,23H,10-12H2,1H3,(H,24,25)/t18-/m1/s1. The summed E-state index contributed by atoms with van der Waals surface area (Å²) in [6, 6.07) is 16.1. The zero-order chi connectivity index (χ0) is 19.3. The molecule has 3 aromatic rings. The number of benzene rings is 2. The summed E-state index contributed by atoms with van der Waals surface area (Å²) in [5, 5.41) is 4.11. The molecular weight excluding hydrogens is 356 g/mol. The number of rotatable bonds is 6. The molecule has 28 heavy (non-hydrogen) atoms. The molecule has 4 rings (SSSR count). The smallest absolute Gasteiger partial charge is 0.289 e. The Hall–Kier alpha value is -3.41. The van der Waals surface area contributed by atoms with E-state index in [-0.39, 0.29) is 17.6 Å². The third kappa shape index (κ3) is 3.67. The normalized spacial score (nSPS) is 14.5. The first-order valence-corrected chi connectivity index (χ1v) is 9.19. The topological polar surface area (TPSA) is 72.6 Å². The number of hydrogen-bond acceptors (Lipinski definition) is 4. The van der Waals surface area contributed by atoms with Gasteiger partial charge in [-0.3, -0.25) is 4.79 Å². The van der Waals surface area contributed by atoms with Crippen molar-refractivity contribution in [2.45, 2.75) is 5.92 Å². The van der Waals surface area contributed by atoms with Crippen LogP contribution in [0.4, 0.5) is 0 Å². The van der Waals surface area contributed by atoms with E-state index in [0.717, 1.165) is 27.8 Å². The van der Waals surface area contributed by atoms with Crippen LogP contribution in [0.3, 0.4) is 0 Å². The molecule has 1 aliphatic heterocycles. The first kappa shape index (κ1) is 18.0. The molecule has 0 radical (unpaired) electrons. The van der Waals surface area contributed by atoms with Gasteiger partial charge < -0.3 is 24.5 Å². The van der Waals surface area contributed by atoms with Crippen molar-refractivity contribution in [2.75, 3.05) is 26.9 Å². The molecule has 0 bridgehead atoms. The maximum absolute atomic E-state index is 12.5. The Morgan fingerprint density at radius 3 is 2.75 bits per heavy atom. The van der Waals surface area contributed by atoms with Crippen LogP contribution >= 0.6 is 0 Å². The maximum Gasteiger partial charge on any atom is 0.289 e. The van der Waals surface area contributed by atoms with Gasteiger partial charge in [0.1, 0.15) is 25.2 Å². The molecular formula is C22H22N2O4. The van der Waals surface area contributed by atoms with E-state index in [9.17, 15) is 4.79 Å². The second-order valence-electron chi connectivity index (χ2n) is 6.53. The lowest BCUT2D eigenvalue weighted by atomic mass is 9.90. The summed E-state index contributed by atoms with van der Waals surface area (Å²) in [5.74, 6) is 0.691. The molecule has 144 valence electrons. The minimum absolute atomic E-state index is 0.0314. The van der Waals surface area contributed by atoms with Crippen LogP contribution in [0.25, 0.3) is 10.9 Å². The van der Waals surface area contributed by atoms with Gasteiger partial charge >= 0.3 is 0 Å². The number of methoxy groups -OCH3 is 1. The lowest BCUT2D eigenvalue weighted by molar-refractivity contribution is -0.122. The average Bonchev–Trinajstić information content (AvgIpc) is 3.19. The van der Waals surface area contributed by atoms with E-state index in [1.807, 2.05) is 48.7 Å². The van der Waals surface area contributed by atoms with E-state index in [2.05, 4.69) is 16.4 Å². The summed E-state index contributed by atoms with van der Waals surface area (Å²) in [6.45, 7) is 1.26. The number of H-pyrrole nitrogens is 1. The second-order valence-corrected chi connectivity index (χ2v) is 6.53. The number of aromatic amines is 1. The van der Waals surface area contributed by atoms with Crippen LogP contribution in [-0.2, 0) is 14.3 Å². The van der Waals surface area contributed by atoms with Crippen molar-refractivity contribution in [2.24, 2.45) is 0 Å². The SMILES string of the molecule is COc1ccc([C@@H](CNC(=O)C2=COCCO2)c2c[nH]c3ccccc23)cc1. The Morgan fingerprint density at radius 1 is 1.18 bits per heavy atom. The fourth-order valence-corrected chi connectivity index (χ4v) is 3.40. The summed E-state index contributed by atoms with van der Waals surface area (Å²) < 4.78 is 15.8. The molecule has 0 saturated heterocycles. The predicted octanol–water partition coefficient (Wildman–Crippen LogP) is 3.31. The molecule has 1 aromatic heterocycles. The van der Waals surface area contributed by atoms with Crippen molar-refractivity contribution in [3.8, 4) is 5.75 Å². The highest BCUT2D eigenvalue weighted by atomic mass is 16.6. The van der Waals surface area contributed by atoms with Gasteiger partial charge in [0.15, 0.2) is 0 Å². The highest BCUT2D eigenvalue weighted by Crippen LogP contribution is 2.31. The third-order valence-corrected chi connectivity index (χ3v) is 4.85. The molecule has 1 amide bonds. The van der Waals surface area contributed by atoms with Gasteiger partial charge in [0.25, 0.3) is 5.91 Å². The predicted molar refractivity (Wildman–Crippen MR) is 106 cm³/mol. The van der Waals surface area contributed by atoms with Gasteiger partial charge in [-0.25, -0.2) is 0 Å². The lowest BCUT2D eigenvalue weighted by Gasteiger charge is -2.20. The second kappa shape index (κ2) is 8.08. The molecule has 1 atom stereocenters. The first-order chi connectivity index (χ1) is 13.8. The monoisotopic (exact) mass is 378 g/mol. The molecule has 6 nitrogen and oxygen atoms in total. The van der Waals surface area contributed by atoms with E-state index in [1.54, 1.807) is 7.11 Å². The van der Waals surface area contributed by atoms with Gasteiger partial charge in [0, 0.05) is 29.6 Å². The number of carbonyl (C=O) groups is 1. The summed E-state index contributed by atoms with van der Waals surface area (Å²) >= 11 is 0. The lowest BCUT2D eigenvalue weighted by Crippen LogP contribution is -2.32. The molecule has 6 heteroatoms. The van der Waals surface area contributed by atoms with Gasteiger partial charge in [0.2, 0.25) is 5.76 Å². The average molecular weight is 378 g/mol. The third-order valence-electron chi connectivity index (χ3n) is 4.85. The number of amides is 1. The van der Waals surface area contributed by atoms with Crippen molar-refractivity contribution >= 4 is 16.8 Å². The van der Waals surface area contributed by atoms with Crippen molar-refractivity contribution < 1.29 is 19.0 Å². The van der Waals surface area contributed by atoms with Crippen LogP contribution in [0.1, 0.15) is 17.0 Å². The van der Waals surface area contributed by atoms with Crippen LogP contribution in [0.15, 0.2) is 66.7 Å². The number of aromatic nitrogens is 1. The fraction of sp³-hybridized carbons (Fsp3) is 0.227. The quantitative estimate of drug-likeness (QED) is 0.690. The Balaban J connectivity index is 1.63. The molecule has 0 spiro atoms. The van der Waals surface area contributed by atoms with Crippen LogP contribution in [0.2, 0.25) is 0 Å². The van der Waals surface area contributed by atoms with Gasteiger partial charge in [-0.05, 0) is 29.3 Å². The Kier molecular flexibility index (Phi) is 5.19. The molecule has 2 N–H and O–H groups in total. The minimum Gasteiger partial charge on any atom is -0.497 e. The maximum atomic E-state index is 12.5. The van der Waals surface area contributed by atoms with Gasteiger partial charge in [-0.15, -0.1) is 0 Å². The number of carbonyl (C=O) groups excluding carboxylic acids is 1. The van der Waals surface area contributed by atoms with E-state index in [1.165, 1.54) is 6.26 Å². The number of hydrogen-bond donors (Lipinski definition) is 2. The van der Waals surface area contributed by atoms with Crippen molar-refractivity contribution in [3.05, 3.63) is 77.9 Å². The first-order valence-electron chi connectivity index (χ1n) is 9.19. The molecule has 0 saturated carbocycles. The summed E-state index contributed by atoms with van der Waals surface area (Å²) in [7, 11) is 1.65. The summed E-state index contributed by atoms with van der Waals surface area (Å²) in [6.07, 6.45) is 3.37. The Morgan fingerprint density at radius 2 is 2.00 bits per heavy atom. The molecule has 0 fully saturated rings. The van der Waals surface area contributed by atoms with Gasteiger partial charge in [0.05, 0.1) is 7.11 Å². The zero-order valence-electron chi connectivity index (χ0n) is 15.6. The van der Waals surface area contributed by atoms with Crippen molar-refractivity contribution in [3.63, 3.8) is 0 Å². The molecule has 0 aliphatic carbocycles. The number of nitrogens with one attached hydrogen (secondary N) is 2.